The molecule has 2 aromatic rings. The van der Waals surface area contributed by atoms with Gasteiger partial charge in [0, 0.05) is 5.69 Å². The summed E-state index contributed by atoms with van der Waals surface area (Å²) in [5.74, 6) is 0. The van der Waals surface area contributed by atoms with Crippen molar-refractivity contribution < 1.29 is 5.11 Å². The van der Waals surface area contributed by atoms with Crippen molar-refractivity contribution in [3.63, 3.8) is 0 Å². The first kappa shape index (κ1) is 9.93. The van der Waals surface area contributed by atoms with Gasteiger partial charge in [0.05, 0.1) is 18.0 Å². The van der Waals surface area contributed by atoms with Crippen LogP contribution in [-0.2, 0) is 6.61 Å². The predicted octanol–water partition coefficient (Wildman–Crippen LogP) is 1.98. The van der Waals surface area contributed by atoms with Crippen LogP contribution in [0.2, 0.25) is 0 Å². The van der Waals surface area contributed by atoms with Gasteiger partial charge >= 0.3 is 0 Å². The lowest BCUT2D eigenvalue weighted by Crippen LogP contribution is -1.99. The summed E-state index contributed by atoms with van der Waals surface area (Å²) in [6, 6.07) is 10.0. The van der Waals surface area contributed by atoms with E-state index in [0.717, 1.165) is 11.4 Å². The number of aryl methyl sites for hydroxylation is 2. The van der Waals surface area contributed by atoms with Gasteiger partial charge in [0.15, 0.2) is 0 Å². The fourth-order valence-corrected chi connectivity index (χ4v) is 1.64. The maximum Gasteiger partial charge on any atom is 0.0886 e. The van der Waals surface area contributed by atoms with Gasteiger partial charge in [-0.05, 0) is 37.6 Å². The highest BCUT2D eigenvalue weighted by molar-refractivity contribution is 5.36. The second-order valence-electron chi connectivity index (χ2n) is 3.69. The second-order valence-corrected chi connectivity index (χ2v) is 3.69. The molecule has 0 atom stereocenters. The molecule has 0 saturated carbocycles. The standard InChI is InChI=1S/C12H14N2O/c1-9-4-3-5-12(6-9)14-10(2)7-11(8-15)13-14/h3-7,15H,8H2,1-2H3. The molecule has 1 heterocycles. The van der Waals surface area contributed by atoms with Gasteiger partial charge in [0.25, 0.3) is 0 Å². The maximum atomic E-state index is 9.00. The first-order chi connectivity index (χ1) is 7.20. The number of rotatable bonds is 2. The molecule has 78 valence electrons. The molecule has 0 bridgehead atoms. The lowest BCUT2D eigenvalue weighted by Gasteiger charge is -2.04. The molecule has 0 amide bonds. The molecule has 15 heavy (non-hydrogen) atoms. The van der Waals surface area contributed by atoms with Crippen molar-refractivity contribution >= 4 is 0 Å². The van der Waals surface area contributed by atoms with Crippen molar-refractivity contribution in [2.45, 2.75) is 20.5 Å². The first-order valence-electron chi connectivity index (χ1n) is 4.94. The summed E-state index contributed by atoms with van der Waals surface area (Å²) in [7, 11) is 0. The summed E-state index contributed by atoms with van der Waals surface area (Å²) in [6.45, 7) is 4.02. The first-order valence-corrected chi connectivity index (χ1v) is 4.94. The third-order valence-electron chi connectivity index (χ3n) is 2.35. The zero-order valence-corrected chi connectivity index (χ0v) is 8.94. The van der Waals surface area contributed by atoms with Gasteiger partial charge in [0.1, 0.15) is 0 Å². The summed E-state index contributed by atoms with van der Waals surface area (Å²) in [6.07, 6.45) is 0. The lowest BCUT2D eigenvalue weighted by molar-refractivity contribution is 0.276. The normalized spacial score (nSPS) is 10.6. The van der Waals surface area contributed by atoms with Crippen molar-refractivity contribution in [2.75, 3.05) is 0 Å². The number of aliphatic hydroxyl groups is 1. The predicted molar refractivity (Wildman–Crippen MR) is 59.0 cm³/mol. The van der Waals surface area contributed by atoms with Gasteiger partial charge in [-0.3, -0.25) is 0 Å². The van der Waals surface area contributed by atoms with E-state index in [1.54, 1.807) is 0 Å². The van der Waals surface area contributed by atoms with E-state index in [2.05, 4.69) is 24.2 Å². The Morgan fingerprint density at radius 2 is 2.07 bits per heavy atom. The SMILES string of the molecule is Cc1cccc(-n2nc(CO)cc2C)c1. The number of hydrogen-bond acceptors (Lipinski definition) is 2. The lowest BCUT2D eigenvalue weighted by atomic mass is 10.2. The van der Waals surface area contributed by atoms with Gasteiger partial charge in [-0.1, -0.05) is 12.1 Å². The van der Waals surface area contributed by atoms with E-state index < -0.39 is 0 Å². The maximum absolute atomic E-state index is 9.00. The fraction of sp³-hybridized carbons (Fsp3) is 0.250. The van der Waals surface area contributed by atoms with E-state index in [9.17, 15) is 0 Å². The summed E-state index contributed by atoms with van der Waals surface area (Å²) < 4.78 is 1.85. The summed E-state index contributed by atoms with van der Waals surface area (Å²) in [5, 5.41) is 13.3. The smallest absolute Gasteiger partial charge is 0.0886 e. The highest BCUT2D eigenvalue weighted by Crippen LogP contribution is 2.13. The molecule has 3 heteroatoms. The van der Waals surface area contributed by atoms with Crippen LogP contribution >= 0.6 is 0 Å². The summed E-state index contributed by atoms with van der Waals surface area (Å²) in [5.41, 5.74) is 3.97. The van der Waals surface area contributed by atoms with Crippen LogP contribution in [0, 0.1) is 13.8 Å². The van der Waals surface area contributed by atoms with Gasteiger partial charge in [0.2, 0.25) is 0 Å². The average Bonchev–Trinajstić information content (AvgIpc) is 2.60. The minimum Gasteiger partial charge on any atom is -0.390 e. The molecule has 1 aromatic carbocycles. The zero-order valence-electron chi connectivity index (χ0n) is 8.94. The molecule has 0 saturated heterocycles. The third-order valence-corrected chi connectivity index (χ3v) is 2.35. The fourth-order valence-electron chi connectivity index (χ4n) is 1.64. The largest absolute Gasteiger partial charge is 0.390 e. The van der Waals surface area contributed by atoms with Crippen LogP contribution in [0.5, 0.6) is 0 Å². The molecule has 0 aliphatic heterocycles. The zero-order chi connectivity index (χ0) is 10.8. The van der Waals surface area contributed by atoms with Gasteiger partial charge < -0.3 is 5.11 Å². The third kappa shape index (κ3) is 1.92. The Balaban J connectivity index is 2.48. The van der Waals surface area contributed by atoms with E-state index in [1.807, 2.05) is 29.8 Å². The Labute approximate surface area is 89.0 Å². The minimum absolute atomic E-state index is 0.0142. The molecular weight excluding hydrogens is 188 g/mol. The quantitative estimate of drug-likeness (QED) is 0.808. The topological polar surface area (TPSA) is 38.0 Å². The molecule has 0 unspecified atom stereocenters. The number of hydrogen-bond donors (Lipinski definition) is 1. The minimum atomic E-state index is -0.0142. The monoisotopic (exact) mass is 202 g/mol. The molecule has 1 N–H and O–H groups in total. The van der Waals surface area contributed by atoms with E-state index in [1.165, 1.54) is 5.56 Å². The molecular formula is C12H14N2O. The van der Waals surface area contributed by atoms with E-state index >= 15 is 0 Å². The van der Waals surface area contributed by atoms with Gasteiger partial charge in [-0.15, -0.1) is 0 Å². The Bertz CT molecular complexity index is 474. The van der Waals surface area contributed by atoms with Gasteiger partial charge in [-0.2, -0.15) is 5.10 Å². The molecule has 1 aromatic heterocycles. The van der Waals surface area contributed by atoms with Crippen LogP contribution < -0.4 is 0 Å². The van der Waals surface area contributed by atoms with Crippen molar-refractivity contribution in [1.82, 2.24) is 9.78 Å². The Hall–Kier alpha value is -1.61. The summed E-state index contributed by atoms with van der Waals surface area (Å²) in [4.78, 5) is 0. The molecule has 0 radical (unpaired) electrons. The molecule has 2 rings (SSSR count). The van der Waals surface area contributed by atoms with E-state index in [4.69, 9.17) is 5.11 Å². The van der Waals surface area contributed by atoms with Crippen LogP contribution in [0.4, 0.5) is 0 Å². The Kier molecular flexibility index (Phi) is 2.56. The number of aliphatic hydroxyl groups excluding tert-OH is 1. The second kappa shape index (κ2) is 3.87. The Morgan fingerprint density at radius 1 is 1.27 bits per heavy atom. The average molecular weight is 202 g/mol. The van der Waals surface area contributed by atoms with Gasteiger partial charge in [-0.25, -0.2) is 4.68 Å². The van der Waals surface area contributed by atoms with Crippen molar-refractivity contribution in [2.24, 2.45) is 0 Å². The van der Waals surface area contributed by atoms with E-state index in [0.29, 0.717) is 5.69 Å². The molecule has 0 aliphatic carbocycles. The molecule has 3 nitrogen and oxygen atoms in total. The number of aromatic nitrogens is 2. The van der Waals surface area contributed by atoms with Crippen LogP contribution in [0.3, 0.4) is 0 Å². The van der Waals surface area contributed by atoms with Crippen LogP contribution in [0.25, 0.3) is 5.69 Å². The van der Waals surface area contributed by atoms with Crippen molar-refractivity contribution in [3.05, 3.63) is 47.3 Å². The number of nitrogens with zero attached hydrogens (tertiary/aromatic N) is 2. The molecule has 0 aliphatic rings. The molecule has 0 fully saturated rings. The summed E-state index contributed by atoms with van der Waals surface area (Å²) >= 11 is 0. The highest BCUT2D eigenvalue weighted by atomic mass is 16.3. The van der Waals surface area contributed by atoms with E-state index in [-0.39, 0.29) is 6.61 Å². The van der Waals surface area contributed by atoms with Crippen molar-refractivity contribution in [3.8, 4) is 5.69 Å². The Morgan fingerprint density at radius 3 is 2.67 bits per heavy atom. The van der Waals surface area contributed by atoms with Crippen LogP contribution in [-0.4, -0.2) is 14.9 Å². The van der Waals surface area contributed by atoms with Crippen LogP contribution in [0.15, 0.2) is 30.3 Å². The number of benzene rings is 1. The molecule has 0 spiro atoms. The highest BCUT2D eigenvalue weighted by Gasteiger charge is 2.04. The van der Waals surface area contributed by atoms with Crippen molar-refractivity contribution in [1.29, 1.82) is 0 Å². The van der Waals surface area contributed by atoms with Crippen LogP contribution in [0.1, 0.15) is 17.0 Å².